The molecule has 2 aromatic heterocycles. The minimum absolute atomic E-state index is 0.110. The number of pyridine rings is 1. The molecule has 25 heavy (non-hydrogen) atoms. The number of aromatic nitrogens is 3. The van der Waals surface area contributed by atoms with Crippen molar-refractivity contribution in [1.29, 1.82) is 0 Å². The second-order valence-corrected chi connectivity index (χ2v) is 5.91. The molecule has 3 rings (SSSR count). The van der Waals surface area contributed by atoms with Crippen molar-refractivity contribution in [2.45, 2.75) is 12.7 Å². The Bertz CT molecular complexity index is 873. The average Bonchev–Trinajstić information content (AvgIpc) is 2.97. The number of rotatable bonds is 4. The van der Waals surface area contributed by atoms with Crippen LogP contribution in [0, 0.1) is 0 Å². The van der Waals surface area contributed by atoms with Crippen molar-refractivity contribution in [2.24, 2.45) is 0 Å². The summed E-state index contributed by atoms with van der Waals surface area (Å²) in [7, 11) is 0. The molecule has 0 saturated heterocycles. The molecule has 0 unspecified atom stereocenters. The number of hydrogen-bond donors (Lipinski definition) is 1. The smallest absolute Gasteiger partial charge is 0.323 e. The van der Waals surface area contributed by atoms with Crippen LogP contribution in [0.4, 0.5) is 24.8 Å². The standard InChI is InChI=1S/C16H11Cl2F3N4/c17-11-4-1-5-12(18)14(11)24-15-23-7-8-25(15)9-13-10(16(19,20)21)3-2-6-22-13/h1-8H,9H2,(H,23,24). The zero-order chi connectivity index (χ0) is 18.0. The molecular formula is C16H11Cl2F3N4. The summed E-state index contributed by atoms with van der Waals surface area (Å²) in [5.74, 6) is 0.300. The number of imidazole rings is 1. The summed E-state index contributed by atoms with van der Waals surface area (Å²) in [5, 5.41) is 3.69. The van der Waals surface area contributed by atoms with Gasteiger partial charge in [0.25, 0.3) is 0 Å². The second-order valence-electron chi connectivity index (χ2n) is 5.10. The van der Waals surface area contributed by atoms with E-state index in [2.05, 4.69) is 15.3 Å². The largest absolute Gasteiger partial charge is 0.418 e. The molecule has 0 fully saturated rings. The number of para-hydroxylation sites is 1. The number of halogens is 5. The molecule has 4 nitrogen and oxygen atoms in total. The van der Waals surface area contributed by atoms with Gasteiger partial charge >= 0.3 is 6.18 Å². The molecule has 0 aliphatic heterocycles. The Morgan fingerprint density at radius 3 is 2.40 bits per heavy atom. The topological polar surface area (TPSA) is 42.7 Å². The molecule has 0 aliphatic carbocycles. The predicted octanol–water partition coefficient (Wildman–Crippen LogP) is 5.40. The van der Waals surface area contributed by atoms with Crippen molar-refractivity contribution in [3.8, 4) is 0 Å². The highest BCUT2D eigenvalue weighted by molar-refractivity contribution is 6.39. The highest BCUT2D eigenvalue weighted by Crippen LogP contribution is 2.33. The van der Waals surface area contributed by atoms with Gasteiger partial charge in [-0.15, -0.1) is 0 Å². The van der Waals surface area contributed by atoms with E-state index in [1.165, 1.54) is 23.0 Å². The lowest BCUT2D eigenvalue weighted by atomic mass is 10.2. The van der Waals surface area contributed by atoms with Gasteiger partial charge in [0.2, 0.25) is 5.95 Å². The van der Waals surface area contributed by atoms with E-state index in [1.54, 1.807) is 24.4 Å². The van der Waals surface area contributed by atoms with Gasteiger partial charge in [0, 0.05) is 18.6 Å². The van der Waals surface area contributed by atoms with Gasteiger partial charge in [-0.1, -0.05) is 29.3 Å². The van der Waals surface area contributed by atoms with Gasteiger partial charge in [-0.3, -0.25) is 4.98 Å². The monoisotopic (exact) mass is 386 g/mol. The van der Waals surface area contributed by atoms with E-state index in [-0.39, 0.29) is 12.2 Å². The molecule has 1 N–H and O–H groups in total. The minimum atomic E-state index is -4.48. The first-order valence-corrected chi connectivity index (χ1v) is 7.85. The fourth-order valence-corrected chi connectivity index (χ4v) is 2.77. The maximum Gasteiger partial charge on any atom is 0.418 e. The van der Waals surface area contributed by atoms with Crippen LogP contribution in [0.3, 0.4) is 0 Å². The lowest BCUT2D eigenvalue weighted by Crippen LogP contribution is -2.14. The van der Waals surface area contributed by atoms with Gasteiger partial charge in [-0.2, -0.15) is 13.2 Å². The van der Waals surface area contributed by atoms with Crippen LogP contribution in [0.1, 0.15) is 11.3 Å². The molecule has 2 heterocycles. The van der Waals surface area contributed by atoms with Gasteiger partial charge < -0.3 is 9.88 Å². The van der Waals surface area contributed by atoms with E-state index in [0.29, 0.717) is 21.7 Å². The molecule has 9 heteroatoms. The Kier molecular flexibility index (Phi) is 4.87. The van der Waals surface area contributed by atoms with Gasteiger partial charge in [-0.05, 0) is 24.3 Å². The first kappa shape index (κ1) is 17.6. The van der Waals surface area contributed by atoms with E-state index in [0.717, 1.165) is 6.07 Å². The Balaban J connectivity index is 1.92. The van der Waals surface area contributed by atoms with Crippen molar-refractivity contribution in [1.82, 2.24) is 14.5 Å². The molecule has 0 radical (unpaired) electrons. The highest BCUT2D eigenvalue weighted by Gasteiger charge is 2.33. The third-order valence-corrected chi connectivity index (χ3v) is 4.06. The zero-order valence-corrected chi connectivity index (χ0v) is 14.1. The third kappa shape index (κ3) is 3.88. The van der Waals surface area contributed by atoms with Crippen LogP contribution >= 0.6 is 23.2 Å². The summed E-state index contributed by atoms with van der Waals surface area (Å²) in [6.45, 7) is -0.111. The first-order chi connectivity index (χ1) is 11.9. The quantitative estimate of drug-likeness (QED) is 0.652. The van der Waals surface area contributed by atoms with Gasteiger partial charge in [0.15, 0.2) is 0 Å². The van der Waals surface area contributed by atoms with Crippen LogP contribution in [-0.2, 0) is 12.7 Å². The third-order valence-electron chi connectivity index (χ3n) is 3.43. The number of nitrogens with one attached hydrogen (secondary N) is 1. The van der Waals surface area contributed by atoms with Gasteiger partial charge in [0.1, 0.15) is 0 Å². The summed E-state index contributed by atoms with van der Waals surface area (Å²) in [4.78, 5) is 7.96. The van der Waals surface area contributed by atoms with Crippen LogP contribution in [0.25, 0.3) is 0 Å². The van der Waals surface area contributed by atoms with Crippen molar-refractivity contribution in [3.05, 3.63) is 70.2 Å². The SMILES string of the molecule is FC(F)(F)c1cccnc1Cn1ccnc1Nc1c(Cl)cccc1Cl. The van der Waals surface area contributed by atoms with Crippen LogP contribution in [0.2, 0.25) is 10.0 Å². The number of benzene rings is 1. The van der Waals surface area contributed by atoms with Crippen LogP contribution in [0.15, 0.2) is 48.9 Å². The number of nitrogens with zero attached hydrogens (tertiary/aromatic N) is 3. The number of hydrogen-bond acceptors (Lipinski definition) is 3. The maximum atomic E-state index is 13.1. The van der Waals surface area contributed by atoms with Gasteiger partial charge in [-0.25, -0.2) is 4.98 Å². The van der Waals surface area contributed by atoms with E-state index < -0.39 is 11.7 Å². The zero-order valence-electron chi connectivity index (χ0n) is 12.6. The minimum Gasteiger partial charge on any atom is -0.323 e. The predicted molar refractivity (Wildman–Crippen MR) is 90.3 cm³/mol. The summed E-state index contributed by atoms with van der Waals surface area (Å²) < 4.78 is 40.8. The van der Waals surface area contributed by atoms with E-state index in [9.17, 15) is 13.2 Å². The summed E-state index contributed by atoms with van der Waals surface area (Å²) in [6.07, 6.45) is -0.158. The molecule has 130 valence electrons. The molecule has 3 aromatic rings. The fourth-order valence-electron chi connectivity index (χ4n) is 2.27. The molecule has 0 bridgehead atoms. The van der Waals surface area contributed by atoms with E-state index in [1.807, 2.05) is 0 Å². The van der Waals surface area contributed by atoms with Crippen molar-refractivity contribution < 1.29 is 13.2 Å². The summed E-state index contributed by atoms with van der Waals surface area (Å²) in [6, 6.07) is 7.22. The molecular weight excluding hydrogens is 376 g/mol. The van der Waals surface area contributed by atoms with E-state index >= 15 is 0 Å². The van der Waals surface area contributed by atoms with Crippen LogP contribution in [0.5, 0.6) is 0 Å². The maximum absolute atomic E-state index is 13.1. The fraction of sp³-hybridized carbons (Fsp3) is 0.125. The molecule has 0 amide bonds. The Labute approximate surface area is 151 Å². The lowest BCUT2D eigenvalue weighted by Gasteiger charge is -2.15. The Morgan fingerprint density at radius 2 is 1.72 bits per heavy atom. The molecule has 0 aliphatic rings. The number of alkyl halides is 3. The molecule has 0 saturated carbocycles. The number of anilines is 2. The molecule has 0 spiro atoms. The second kappa shape index (κ2) is 6.93. The Hall–Kier alpha value is -2.25. The Morgan fingerprint density at radius 1 is 1.00 bits per heavy atom. The van der Waals surface area contributed by atoms with Gasteiger partial charge in [0.05, 0.1) is 33.5 Å². The van der Waals surface area contributed by atoms with Crippen molar-refractivity contribution in [3.63, 3.8) is 0 Å². The van der Waals surface area contributed by atoms with E-state index in [4.69, 9.17) is 23.2 Å². The summed E-state index contributed by atoms with van der Waals surface area (Å²) >= 11 is 12.2. The van der Waals surface area contributed by atoms with Crippen molar-refractivity contribution >= 4 is 34.8 Å². The average molecular weight is 387 g/mol. The summed E-state index contributed by atoms with van der Waals surface area (Å²) in [5.41, 5.74) is -0.470. The highest BCUT2D eigenvalue weighted by atomic mass is 35.5. The normalized spacial score (nSPS) is 11.6. The van der Waals surface area contributed by atoms with Crippen molar-refractivity contribution in [2.75, 3.05) is 5.32 Å². The lowest BCUT2D eigenvalue weighted by molar-refractivity contribution is -0.138. The van der Waals surface area contributed by atoms with Crippen LogP contribution < -0.4 is 5.32 Å². The molecule has 0 atom stereocenters. The first-order valence-electron chi connectivity index (χ1n) is 7.09. The van der Waals surface area contributed by atoms with Crippen LogP contribution in [-0.4, -0.2) is 14.5 Å². The molecule has 1 aromatic carbocycles.